The monoisotopic (exact) mass is 377 g/mol. The van der Waals surface area contributed by atoms with E-state index in [9.17, 15) is 4.79 Å². The van der Waals surface area contributed by atoms with E-state index in [1.807, 2.05) is 7.05 Å². The van der Waals surface area contributed by atoms with E-state index in [1.165, 1.54) is 62.2 Å². The molecule has 1 heterocycles. The fraction of sp³-hybridized carbons (Fsp3) is 0.667. The molecule has 146 valence electrons. The molecule has 4 nitrogen and oxygen atoms in total. The van der Waals surface area contributed by atoms with E-state index < -0.39 is 0 Å². The lowest BCUT2D eigenvalue weighted by atomic mass is 10.1. The Labute approximate surface area is 162 Å². The zero-order valence-electron chi connectivity index (χ0n) is 17.0. The van der Waals surface area contributed by atoms with Crippen molar-refractivity contribution in [3.63, 3.8) is 0 Å². The lowest BCUT2D eigenvalue weighted by Gasteiger charge is -2.24. The Bertz CT molecular complexity index is 716. The summed E-state index contributed by atoms with van der Waals surface area (Å²) < 4.78 is 2.85. The first-order valence-electron chi connectivity index (χ1n) is 10.0. The number of nitrogens with zero attached hydrogens (tertiary/aromatic N) is 3. The molecular formula is C21H35N3OS. The van der Waals surface area contributed by atoms with Crippen molar-refractivity contribution in [2.24, 2.45) is 7.05 Å². The van der Waals surface area contributed by atoms with Gasteiger partial charge in [-0.05, 0) is 76.5 Å². The summed E-state index contributed by atoms with van der Waals surface area (Å²) >= 11 is 1.35. The maximum Gasteiger partial charge on any atom is 0.307 e. The van der Waals surface area contributed by atoms with Gasteiger partial charge < -0.3 is 14.4 Å². The highest BCUT2D eigenvalue weighted by Crippen LogP contribution is 2.19. The van der Waals surface area contributed by atoms with Crippen LogP contribution in [0.5, 0.6) is 0 Å². The first kappa shape index (κ1) is 21.1. The van der Waals surface area contributed by atoms with Gasteiger partial charge in [-0.3, -0.25) is 4.79 Å². The molecule has 2 rings (SSSR count). The Kier molecular flexibility index (Phi) is 8.82. The number of aryl methyl sites for hydroxylation is 2. The molecule has 5 heteroatoms. The fourth-order valence-corrected chi connectivity index (χ4v) is 4.38. The van der Waals surface area contributed by atoms with E-state index in [0.29, 0.717) is 0 Å². The summed E-state index contributed by atoms with van der Waals surface area (Å²) in [5.74, 6) is 0. The van der Waals surface area contributed by atoms with Gasteiger partial charge in [-0.2, -0.15) is 0 Å². The predicted octanol–water partition coefficient (Wildman–Crippen LogP) is 3.98. The van der Waals surface area contributed by atoms with Gasteiger partial charge in [0.25, 0.3) is 0 Å². The first-order chi connectivity index (χ1) is 12.5. The molecule has 0 saturated carbocycles. The van der Waals surface area contributed by atoms with E-state index in [-0.39, 0.29) is 4.87 Å². The Morgan fingerprint density at radius 2 is 1.73 bits per heavy atom. The summed E-state index contributed by atoms with van der Waals surface area (Å²) in [6.45, 7) is 10.5. The van der Waals surface area contributed by atoms with Crippen molar-refractivity contribution in [1.29, 1.82) is 0 Å². The smallest absolute Gasteiger partial charge is 0.305 e. The minimum Gasteiger partial charge on any atom is -0.305 e. The number of benzene rings is 1. The summed E-state index contributed by atoms with van der Waals surface area (Å²) in [5, 5.41) is 0. The first-order valence-corrected chi connectivity index (χ1v) is 10.9. The zero-order chi connectivity index (χ0) is 18.9. The van der Waals surface area contributed by atoms with Crippen LogP contribution in [0.3, 0.4) is 0 Å². The standard InChI is InChI=1S/C21H35N3OS/c1-5-12-24(13-6-2)16-15-22(3)14-8-7-9-18-10-11-19-20(17-18)26-21(25)23(19)4/h10-11,17H,5-9,12-16H2,1-4H3. The van der Waals surface area contributed by atoms with Gasteiger partial charge in [-0.25, -0.2) is 0 Å². The van der Waals surface area contributed by atoms with Crippen molar-refractivity contribution in [3.05, 3.63) is 33.4 Å². The summed E-state index contributed by atoms with van der Waals surface area (Å²) in [5.41, 5.74) is 2.39. The highest BCUT2D eigenvalue weighted by Gasteiger charge is 2.06. The summed E-state index contributed by atoms with van der Waals surface area (Å²) in [7, 11) is 4.09. The molecule has 0 fully saturated rings. The molecule has 0 radical (unpaired) electrons. The molecule has 0 aliphatic rings. The van der Waals surface area contributed by atoms with E-state index in [4.69, 9.17) is 0 Å². The largest absolute Gasteiger partial charge is 0.307 e. The minimum absolute atomic E-state index is 0.124. The third kappa shape index (κ3) is 6.22. The molecule has 2 aromatic rings. The lowest BCUT2D eigenvalue weighted by Crippen LogP contribution is -2.34. The van der Waals surface area contributed by atoms with Crippen LogP contribution < -0.4 is 4.87 Å². The molecule has 0 amide bonds. The molecule has 1 aromatic heterocycles. The van der Waals surface area contributed by atoms with E-state index in [2.05, 4.69) is 48.9 Å². The van der Waals surface area contributed by atoms with Gasteiger partial charge in [0.2, 0.25) is 0 Å². The summed E-state index contributed by atoms with van der Waals surface area (Å²) in [6.07, 6.45) is 6.00. The maximum atomic E-state index is 11.7. The van der Waals surface area contributed by atoms with Gasteiger partial charge in [0.15, 0.2) is 0 Å². The van der Waals surface area contributed by atoms with Gasteiger partial charge in [-0.15, -0.1) is 0 Å². The van der Waals surface area contributed by atoms with Crippen LogP contribution in [-0.2, 0) is 13.5 Å². The van der Waals surface area contributed by atoms with Crippen LogP contribution in [0, 0.1) is 0 Å². The SMILES string of the molecule is CCCN(CCC)CCN(C)CCCCc1ccc2c(c1)sc(=O)n2C. The average molecular weight is 378 g/mol. The van der Waals surface area contributed by atoms with Crippen LogP contribution in [0.2, 0.25) is 0 Å². The lowest BCUT2D eigenvalue weighted by molar-refractivity contribution is 0.223. The molecule has 0 saturated heterocycles. The third-order valence-corrected chi connectivity index (χ3v) is 5.98. The predicted molar refractivity (Wildman–Crippen MR) is 115 cm³/mol. The number of aromatic nitrogens is 1. The minimum atomic E-state index is 0.124. The van der Waals surface area contributed by atoms with E-state index >= 15 is 0 Å². The molecule has 26 heavy (non-hydrogen) atoms. The van der Waals surface area contributed by atoms with E-state index in [0.717, 1.165) is 29.7 Å². The van der Waals surface area contributed by atoms with Crippen molar-refractivity contribution >= 4 is 21.6 Å². The Hall–Kier alpha value is -1.17. The molecule has 0 N–H and O–H groups in total. The molecule has 0 bridgehead atoms. The highest BCUT2D eigenvalue weighted by molar-refractivity contribution is 7.16. The fourth-order valence-electron chi connectivity index (χ4n) is 3.44. The number of fused-ring (bicyclic) bond motifs is 1. The normalized spacial score (nSPS) is 11.9. The van der Waals surface area contributed by atoms with Crippen molar-refractivity contribution < 1.29 is 0 Å². The molecule has 1 aromatic carbocycles. The second-order valence-corrected chi connectivity index (χ2v) is 8.32. The van der Waals surface area contributed by atoms with Crippen LogP contribution >= 0.6 is 11.3 Å². The van der Waals surface area contributed by atoms with Crippen LogP contribution in [0.1, 0.15) is 45.1 Å². The second kappa shape index (κ2) is 10.9. The van der Waals surface area contributed by atoms with Gasteiger partial charge in [0.1, 0.15) is 0 Å². The molecule has 0 atom stereocenters. The molecule has 0 unspecified atom stereocenters. The van der Waals surface area contributed by atoms with Crippen LogP contribution in [-0.4, -0.2) is 54.1 Å². The summed E-state index contributed by atoms with van der Waals surface area (Å²) in [4.78, 5) is 16.9. The number of likely N-dealkylation sites (N-methyl/N-ethyl adjacent to an activating group) is 1. The van der Waals surface area contributed by atoms with E-state index in [1.54, 1.807) is 4.57 Å². The Balaban J connectivity index is 1.70. The molecular weight excluding hydrogens is 342 g/mol. The van der Waals surface area contributed by atoms with Gasteiger partial charge >= 0.3 is 4.87 Å². The average Bonchev–Trinajstić information content (AvgIpc) is 2.91. The zero-order valence-corrected chi connectivity index (χ0v) is 17.8. The highest BCUT2D eigenvalue weighted by atomic mass is 32.1. The van der Waals surface area contributed by atoms with Crippen molar-refractivity contribution in [3.8, 4) is 0 Å². The van der Waals surface area contributed by atoms with Crippen molar-refractivity contribution in [1.82, 2.24) is 14.4 Å². The molecule has 0 aliphatic carbocycles. The molecule has 0 spiro atoms. The van der Waals surface area contributed by atoms with Gasteiger partial charge in [0.05, 0.1) is 10.2 Å². The molecule has 0 aliphatic heterocycles. The third-order valence-electron chi connectivity index (χ3n) is 4.99. The van der Waals surface area contributed by atoms with Crippen LogP contribution in [0.4, 0.5) is 0 Å². The van der Waals surface area contributed by atoms with Gasteiger partial charge in [-0.1, -0.05) is 31.3 Å². The quantitative estimate of drug-likeness (QED) is 0.524. The van der Waals surface area contributed by atoms with Crippen molar-refractivity contribution in [2.75, 3.05) is 39.8 Å². The second-order valence-electron chi connectivity index (χ2n) is 7.33. The number of hydrogen-bond acceptors (Lipinski definition) is 4. The summed E-state index contributed by atoms with van der Waals surface area (Å²) in [6, 6.07) is 6.45. The number of thiazole rings is 1. The van der Waals surface area contributed by atoms with Gasteiger partial charge in [0, 0.05) is 20.1 Å². The van der Waals surface area contributed by atoms with Crippen molar-refractivity contribution in [2.45, 2.75) is 46.0 Å². The number of hydrogen-bond donors (Lipinski definition) is 0. The van der Waals surface area contributed by atoms with Crippen LogP contribution in [0.25, 0.3) is 10.2 Å². The topological polar surface area (TPSA) is 28.5 Å². The number of unbranched alkanes of at least 4 members (excludes halogenated alkanes) is 1. The van der Waals surface area contributed by atoms with Crippen LogP contribution in [0.15, 0.2) is 23.0 Å². The number of rotatable bonds is 12. The Morgan fingerprint density at radius 3 is 2.42 bits per heavy atom. The maximum absolute atomic E-state index is 11.7. The Morgan fingerprint density at radius 1 is 1.00 bits per heavy atom.